The second kappa shape index (κ2) is 6.89. The van der Waals surface area contributed by atoms with E-state index in [0.29, 0.717) is 22.1 Å². The lowest BCUT2D eigenvalue weighted by molar-refractivity contribution is 0.0928. The number of nitrogens with zero attached hydrogens (tertiary/aromatic N) is 2. The fourth-order valence-electron chi connectivity index (χ4n) is 3.89. The first-order valence-electron chi connectivity index (χ1n) is 8.66. The van der Waals surface area contributed by atoms with Crippen molar-refractivity contribution < 1.29 is 9.53 Å². The summed E-state index contributed by atoms with van der Waals surface area (Å²) in [6.07, 6.45) is 5.10. The van der Waals surface area contributed by atoms with Crippen LogP contribution in [0.25, 0.3) is 0 Å². The Morgan fingerprint density at radius 3 is 2.73 bits per heavy atom. The standard InChI is InChI=1S/C20H18ClN3O2/c21-14-4-7-16(8-5-14)26-17-3-1-2-13(10-17)20(25)23-18-11-15-6-9-19(18)24(15)12-22/h1-5,7-8,10,15,18-19H,6,9,11H2,(H,23,25)/t15-,18+,19+/m0/s1. The highest BCUT2D eigenvalue weighted by atomic mass is 35.5. The topological polar surface area (TPSA) is 65.4 Å². The summed E-state index contributed by atoms with van der Waals surface area (Å²) in [6, 6.07) is 14.6. The summed E-state index contributed by atoms with van der Waals surface area (Å²) in [6.45, 7) is 0. The van der Waals surface area contributed by atoms with Gasteiger partial charge in [-0.1, -0.05) is 17.7 Å². The lowest BCUT2D eigenvalue weighted by atomic mass is 9.95. The monoisotopic (exact) mass is 367 g/mol. The summed E-state index contributed by atoms with van der Waals surface area (Å²) in [4.78, 5) is 14.5. The van der Waals surface area contributed by atoms with Gasteiger partial charge in [-0.25, -0.2) is 0 Å². The van der Waals surface area contributed by atoms with Crippen molar-refractivity contribution >= 4 is 17.5 Å². The van der Waals surface area contributed by atoms with Crippen LogP contribution in [0.15, 0.2) is 48.5 Å². The Bertz CT molecular complexity index is 862. The molecule has 26 heavy (non-hydrogen) atoms. The van der Waals surface area contributed by atoms with Gasteiger partial charge in [-0.3, -0.25) is 4.79 Å². The normalized spacial score (nSPS) is 23.5. The third-order valence-electron chi connectivity index (χ3n) is 5.11. The average molecular weight is 368 g/mol. The van der Waals surface area contributed by atoms with Gasteiger partial charge in [-0.2, -0.15) is 5.26 Å². The van der Waals surface area contributed by atoms with E-state index < -0.39 is 0 Å². The second-order valence-electron chi connectivity index (χ2n) is 6.71. The van der Waals surface area contributed by atoms with Crippen LogP contribution in [0.1, 0.15) is 29.6 Å². The molecule has 2 saturated heterocycles. The predicted molar refractivity (Wildman–Crippen MR) is 98.1 cm³/mol. The molecule has 0 spiro atoms. The number of amides is 1. The van der Waals surface area contributed by atoms with Gasteiger partial charge in [0.25, 0.3) is 5.91 Å². The van der Waals surface area contributed by atoms with Gasteiger partial charge < -0.3 is 15.0 Å². The summed E-state index contributed by atoms with van der Waals surface area (Å²) in [5.74, 6) is 1.11. The molecule has 2 aliphatic rings. The number of hydrogen-bond acceptors (Lipinski definition) is 4. The molecule has 2 aromatic carbocycles. The summed E-state index contributed by atoms with van der Waals surface area (Å²) in [5, 5.41) is 13.0. The third-order valence-corrected chi connectivity index (χ3v) is 5.37. The fraction of sp³-hybridized carbons (Fsp3) is 0.300. The summed E-state index contributed by atoms with van der Waals surface area (Å²) in [5.41, 5.74) is 0.544. The van der Waals surface area contributed by atoms with Crippen molar-refractivity contribution in [2.24, 2.45) is 0 Å². The van der Waals surface area contributed by atoms with E-state index in [4.69, 9.17) is 16.3 Å². The van der Waals surface area contributed by atoms with Gasteiger partial charge in [0, 0.05) is 16.6 Å². The number of rotatable bonds is 4. The van der Waals surface area contributed by atoms with Crippen LogP contribution in [0, 0.1) is 11.5 Å². The zero-order chi connectivity index (χ0) is 18.1. The van der Waals surface area contributed by atoms with E-state index in [1.165, 1.54) is 0 Å². The SMILES string of the molecule is N#CN1[C@H]2CC[C@@H]1[C@H](NC(=O)c1cccc(Oc3ccc(Cl)cc3)c1)C2. The number of carbonyl (C=O) groups excluding carboxylic acids is 1. The molecule has 2 fully saturated rings. The lowest BCUT2D eigenvalue weighted by Gasteiger charge is -2.22. The first-order chi connectivity index (χ1) is 12.6. The predicted octanol–water partition coefficient (Wildman–Crippen LogP) is 3.95. The molecule has 0 radical (unpaired) electrons. The van der Waals surface area contributed by atoms with E-state index in [0.717, 1.165) is 19.3 Å². The van der Waals surface area contributed by atoms with E-state index in [1.807, 2.05) is 4.90 Å². The van der Waals surface area contributed by atoms with Crippen LogP contribution in [0.2, 0.25) is 5.02 Å². The number of hydrogen-bond donors (Lipinski definition) is 1. The molecular formula is C20H18ClN3O2. The number of nitrogens with one attached hydrogen (secondary N) is 1. The zero-order valence-corrected chi connectivity index (χ0v) is 14.8. The summed E-state index contributed by atoms with van der Waals surface area (Å²) in [7, 11) is 0. The van der Waals surface area contributed by atoms with Crippen LogP contribution in [0.4, 0.5) is 0 Å². The number of fused-ring (bicyclic) bond motifs is 2. The molecule has 2 heterocycles. The average Bonchev–Trinajstić information content (AvgIpc) is 3.20. The first-order valence-corrected chi connectivity index (χ1v) is 9.04. The first kappa shape index (κ1) is 16.7. The Kier molecular flexibility index (Phi) is 4.44. The molecule has 2 aliphatic heterocycles. The van der Waals surface area contributed by atoms with Crippen molar-refractivity contribution in [3.8, 4) is 17.7 Å². The largest absolute Gasteiger partial charge is 0.457 e. The Labute approximate surface area is 157 Å². The Hall–Kier alpha value is -2.71. The molecule has 1 N–H and O–H groups in total. The number of benzene rings is 2. The highest BCUT2D eigenvalue weighted by molar-refractivity contribution is 6.30. The highest BCUT2D eigenvalue weighted by Crippen LogP contribution is 2.37. The van der Waals surface area contributed by atoms with Crippen LogP contribution < -0.4 is 10.1 Å². The maximum absolute atomic E-state index is 12.6. The Morgan fingerprint density at radius 2 is 2.00 bits per heavy atom. The second-order valence-corrected chi connectivity index (χ2v) is 7.14. The molecular weight excluding hydrogens is 350 g/mol. The number of halogens is 1. The van der Waals surface area contributed by atoms with Crippen LogP contribution in [-0.4, -0.2) is 28.9 Å². The van der Waals surface area contributed by atoms with E-state index in [2.05, 4.69) is 11.5 Å². The molecule has 0 unspecified atom stereocenters. The van der Waals surface area contributed by atoms with E-state index >= 15 is 0 Å². The smallest absolute Gasteiger partial charge is 0.251 e. The highest BCUT2D eigenvalue weighted by Gasteiger charge is 2.46. The molecule has 2 aromatic rings. The molecule has 2 bridgehead atoms. The summed E-state index contributed by atoms with van der Waals surface area (Å²) >= 11 is 5.88. The Balaban J connectivity index is 1.44. The number of carbonyl (C=O) groups is 1. The van der Waals surface area contributed by atoms with Crippen molar-refractivity contribution in [1.29, 1.82) is 5.26 Å². The number of ether oxygens (including phenoxy) is 1. The lowest BCUT2D eigenvalue weighted by Crippen LogP contribution is -2.43. The van der Waals surface area contributed by atoms with Gasteiger partial charge in [-0.05, 0) is 61.7 Å². The van der Waals surface area contributed by atoms with Crippen molar-refractivity contribution in [1.82, 2.24) is 10.2 Å². The minimum absolute atomic E-state index is 0.0294. The summed E-state index contributed by atoms with van der Waals surface area (Å²) < 4.78 is 5.79. The van der Waals surface area contributed by atoms with Crippen molar-refractivity contribution in [3.63, 3.8) is 0 Å². The van der Waals surface area contributed by atoms with E-state index in [-0.39, 0.29) is 24.0 Å². The number of nitriles is 1. The van der Waals surface area contributed by atoms with E-state index in [1.54, 1.807) is 48.5 Å². The third kappa shape index (κ3) is 3.21. The van der Waals surface area contributed by atoms with Crippen molar-refractivity contribution in [3.05, 3.63) is 59.1 Å². The molecule has 5 nitrogen and oxygen atoms in total. The molecule has 0 saturated carbocycles. The van der Waals surface area contributed by atoms with Gasteiger partial charge in [0.05, 0.1) is 12.1 Å². The minimum Gasteiger partial charge on any atom is -0.457 e. The van der Waals surface area contributed by atoms with Gasteiger partial charge >= 0.3 is 0 Å². The van der Waals surface area contributed by atoms with Crippen LogP contribution >= 0.6 is 11.6 Å². The molecule has 1 amide bonds. The van der Waals surface area contributed by atoms with Crippen LogP contribution in [0.5, 0.6) is 11.5 Å². The van der Waals surface area contributed by atoms with Crippen LogP contribution in [0.3, 0.4) is 0 Å². The maximum Gasteiger partial charge on any atom is 0.251 e. The Morgan fingerprint density at radius 1 is 1.19 bits per heavy atom. The van der Waals surface area contributed by atoms with Gasteiger partial charge in [0.15, 0.2) is 6.19 Å². The van der Waals surface area contributed by atoms with Crippen molar-refractivity contribution in [2.45, 2.75) is 37.4 Å². The minimum atomic E-state index is -0.137. The maximum atomic E-state index is 12.6. The fourth-order valence-corrected chi connectivity index (χ4v) is 4.02. The molecule has 0 aromatic heterocycles. The van der Waals surface area contributed by atoms with Crippen molar-refractivity contribution in [2.75, 3.05) is 0 Å². The van der Waals surface area contributed by atoms with Crippen LogP contribution in [-0.2, 0) is 0 Å². The molecule has 4 rings (SSSR count). The van der Waals surface area contributed by atoms with Gasteiger partial charge in [0.2, 0.25) is 0 Å². The van der Waals surface area contributed by atoms with Gasteiger partial charge in [-0.15, -0.1) is 0 Å². The van der Waals surface area contributed by atoms with Gasteiger partial charge in [0.1, 0.15) is 11.5 Å². The molecule has 3 atom stereocenters. The van der Waals surface area contributed by atoms with E-state index in [9.17, 15) is 10.1 Å². The molecule has 6 heteroatoms. The quantitative estimate of drug-likeness (QED) is 0.831. The zero-order valence-electron chi connectivity index (χ0n) is 14.1. The molecule has 132 valence electrons. The molecule has 0 aliphatic carbocycles.